The van der Waals surface area contributed by atoms with Crippen molar-refractivity contribution in [2.24, 2.45) is 5.92 Å². The van der Waals surface area contributed by atoms with Crippen LogP contribution in [0.5, 0.6) is 5.75 Å². The lowest BCUT2D eigenvalue weighted by atomic mass is 9.92. The molecule has 5 heteroatoms. The molecule has 0 unspecified atom stereocenters. The fourth-order valence-electron chi connectivity index (χ4n) is 3.17. The van der Waals surface area contributed by atoms with Gasteiger partial charge in [0.25, 0.3) is 0 Å². The molecule has 25 heavy (non-hydrogen) atoms. The van der Waals surface area contributed by atoms with Gasteiger partial charge in [0.2, 0.25) is 5.91 Å². The number of ether oxygens (including phenoxy) is 1. The maximum Gasteiger partial charge on any atom is 0.226 e. The minimum atomic E-state index is -0.0429. The molecule has 1 aliphatic heterocycles. The summed E-state index contributed by atoms with van der Waals surface area (Å²) in [5.74, 6) is 1.02. The van der Waals surface area contributed by atoms with Gasteiger partial charge >= 0.3 is 0 Å². The monoisotopic (exact) mass is 341 g/mol. The van der Waals surface area contributed by atoms with Gasteiger partial charge < -0.3 is 9.64 Å². The minimum Gasteiger partial charge on any atom is -0.493 e. The second kappa shape index (κ2) is 6.90. The van der Waals surface area contributed by atoms with Crippen LogP contribution in [-0.4, -0.2) is 34.7 Å². The van der Waals surface area contributed by atoms with Gasteiger partial charge in [-0.15, -0.1) is 0 Å². The van der Waals surface area contributed by atoms with E-state index in [2.05, 4.69) is 37.0 Å². The molecule has 0 aliphatic carbocycles. The molecule has 0 radical (unpaired) electrons. The number of hydrogen-bond donors (Lipinski definition) is 1. The zero-order valence-electron chi connectivity index (χ0n) is 15.5. The molecule has 5 nitrogen and oxygen atoms in total. The highest BCUT2D eigenvalue weighted by Crippen LogP contribution is 2.28. The normalized spacial score (nSPS) is 17.4. The van der Waals surface area contributed by atoms with Gasteiger partial charge in [-0.05, 0) is 30.5 Å². The van der Waals surface area contributed by atoms with Crippen LogP contribution in [0.25, 0.3) is 0 Å². The molecule has 0 fully saturated rings. The number of nitrogens with one attached hydrogen (secondary N) is 1. The molecule has 134 valence electrons. The first-order valence-electron chi connectivity index (χ1n) is 8.85. The highest BCUT2D eigenvalue weighted by molar-refractivity contribution is 5.79. The van der Waals surface area contributed by atoms with E-state index in [1.807, 2.05) is 31.3 Å². The summed E-state index contributed by atoms with van der Waals surface area (Å²) in [5.41, 5.74) is 3.09. The summed E-state index contributed by atoms with van der Waals surface area (Å²) < 4.78 is 5.78. The van der Waals surface area contributed by atoms with Crippen molar-refractivity contribution >= 4 is 5.91 Å². The maximum absolute atomic E-state index is 12.9. The van der Waals surface area contributed by atoms with Crippen LogP contribution in [0.3, 0.4) is 0 Å². The van der Waals surface area contributed by atoms with E-state index in [4.69, 9.17) is 4.74 Å². The lowest BCUT2D eigenvalue weighted by molar-refractivity contribution is -0.135. The van der Waals surface area contributed by atoms with Crippen LogP contribution in [0, 0.1) is 5.92 Å². The van der Waals surface area contributed by atoms with Crippen LogP contribution in [0.4, 0.5) is 0 Å². The first kappa shape index (κ1) is 17.5. The SMILES string of the molecule is CN(Cc1cc(C(C)(C)C)n[nH]1)C(=O)[C@H]1CCOc2ccccc2C1. The Morgan fingerprint density at radius 3 is 2.84 bits per heavy atom. The van der Waals surface area contributed by atoms with Gasteiger partial charge in [0.05, 0.1) is 24.5 Å². The fourth-order valence-corrected chi connectivity index (χ4v) is 3.17. The third-order valence-corrected chi connectivity index (χ3v) is 4.70. The predicted molar refractivity (Wildman–Crippen MR) is 97.5 cm³/mol. The zero-order valence-corrected chi connectivity index (χ0v) is 15.5. The number of aromatic amines is 1. The molecule has 2 heterocycles. The number of aromatic nitrogens is 2. The van der Waals surface area contributed by atoms with Crippen molar-refractivity contribution in [3.8, 4) is 5.75 Å². The molecule has 3 rings (SSSR count). The van der Waals surface area contributed by atoms with Gasteiger partial charge in [-0.1, -0.05) is 39.0 Å². The first-order chi connectivity index (χ1) is 11.8. The molecule has 0 saturated heterocycles. The van der Waals surface area contributed by atoms with Crippen LogP contribution < -0.4 is 4.74 Å². The fraction of sp³-hybridized carbons (Fsp3) is 0.500. The Balaban J connectivity index is 1.67. The van der Waals surface area contributed by atoms with Crippen LogP contribution in [0.15, 0.2) is 30.3 Å². The van der Waals surface area contributed by atoms with E-state index in [1.54, 1.807) is 4.90 Å². The molecule has 1 aromatic heterocycles. The summed E-state index contributed by atoms with van der Waals surface area (Å²) in [4.78, 5) is 14.7. The maximum atomic E-state index is 12.9. The summed E-state index contributed by atoms with van der Waals surface area (Å²) in [6, 6.07) is 10.0. The number of nitrogens with zero attached hydrogens (tertiary/aromatic N) is 2. The molecule has 1 aromatic carbocycles. The molecule has 1 N–H and O–H groups in total. The van der Waals surface area contributed by atoms with E-state index in [0.29, 0.717) is 13.2 Å². The number of amides is 1. The Bertz CT molecular complexity index is 745. The van der Waals surface area contributed by atoms with Crippen LogP contribution >= 0.6 is 0 Å². The zero-order chi connectivity index (χ0) is 18.0. The van der Waals surface area contributed by atoms with E-state index in [0.717, 1.165) is 35.5 Å². The highest BCUT2D eigenvalue weighted by atomic mass is 16.5. The smallest absolute Gasteiger partial charge is 0.226 e. The van der Waals surface area contributed by atoms with Crippen molar-refractivity contribution in [1.29, 1.82) is 0 Å². The lowest BCUT2D eigenvalue weighted by Gasteiger charge is -2.22. The number of benzene rings is 1. The number of carbonyl (C=O) groups excluding carboxylic acids is 1. The Kier molecular flexibility index (Phi) is 4.84. The van der Waals surface area contributed by atoms with Crippen molar-refractivity contribution in [1.82, 2.24) is 15.1 Å². The quantitative estimate of drug-likeness (QED) is 0.932. The lowest BCUT2D eigenvalue weighted by Crippen LogP contribution is -2.34. The summed E-state index contributed by atoms with van der Waals surface area (Å²) in [6.07, 6.45) is 1.48. The second-order valence-electron chi connectivity index (χ2n) is 7.87. The number of rotatable bonds is 3. The third kappa shape index (κ3) is 4.03. The molecule has 0 spiro atoms. The molecule has 0 bridgehead atoms. The number of carbonyl (C=O) groups is 1. The topological polar surface area (TPSA) is 58.2 Å². The van der Waals surface area contributed by atoms with Gasteiger partial charge in [-0.25, -0.2) is 0 Å². The number of para-hydroxylation sites is 1. The number of hydrogen-bond acceptors (Lipinski definition) is 3. The molecular weight excluding hydrogens is 314 g/mol. The van der Waals surface area contributed by atoms with E-state index in [1.165, 1.54) is 0 Å². The Labute approximate surface area is 149 Å². The third-order valence-electron chi connectivity index (χ3n) is 4.70. The number of H-pyrrole nitrogens is 1. The largest absolute Gasteiger partial charge is 0.493 e. The molecule has 1 atom stereocenters. The average molecular weight is 341 g/mol. The van der Waals surface area contributed by atoms with Gasteiger partial charge in [0.1, 0.15) is 5.75 Å². The van der Waals surface area contributed by atoms with E-state index in [9.17, 15) is 4.79 Å². The molecule has 1 amide bonds. The Hall–Kier alpha value is -2.30. The van der Waals surface area contributed by atoms with Crippen molar-refractivity contribution in [3.05, 3.63) is 47.3 Å². The Morgan fingerprint density at radius 1 is 1.36 bits per heavy atom. The molecule has 2 aromatic rings. The van der Waals surface area contributed by atoms with Crippen LogP contribution in [-0.2, 0) is 23.2 Å². The van der Waals surface area contributed by atoms with Gasteiger partial charge in [0.15, 0.2) is 0 Å². The van der Waals surface area contributed by atoms with E-state index >= 15 is 0 Å². The van der Waals surface area contributed by atoms with Crippen molar-refractivity contribution < 1.29 is 9.53 Å². The Morgan fingerprint density at radius 2 is 2.12 bits per heavy atom. The van der Waals surface area contributed by atoms with Gasteiger partial charge in [-0.2, -0.15) is 5.10 Å². The van der Waals surface area contributed by atoms with Crippen molar-refractivity contribution in [2.45, 2.75) is 45.6 Å². The molecular formula is C20H27N3O2. The average Bonchev–Trinajstić information content (AvgIpc) is 2.93. The van der Waals surface area contributed by atoms with Crippen molar-refractivity contribution in [3.63, 3.8) is 0 Å². The summed E-state index contributed by atoms with van der Waals surface area (Å²) in [7, 11) is 1.86. The van der Waals surface area contributed by atoms with Gasteiger partial charge in [0, 0.05) is 18.4 Å². The summed E-state index contributed by atoms with van der Waals surface area (Å²) >= 11 is 0. The standard InChI is InChI=1S/C20H27N3O2/c1-20(2,3)18-12-16(21-22-18)13-23(4)19(24)15-9-10-25-17-8-6-5-7-14(17)11-15/h5-8,12,15H,9-11,13H2,1-4H3,(H,21,22)/t15-/m0/s1. The molecule has 0 saturated carbocycles. The predicted octanol–water partition coefficient (Wildman–Crippen LogP) is 3.31. The van der Waals surface area contributed by atoms with Crippen LogP contribution in [0.2, 0.25) is 0 Å². The summed E-state index contributed by atoms with van der Waals surface area (Å²) in [5, 5.41) is 7.43. The van der Waals surface area contributed by atoms with Crippen LogP contribution in [0.1, 0.15) is 44.1 Å². The minimum absolute atomic E-state index is 0.000331. The van der Waals surface area contributed by atoms with Crippen molar-refractivity contribution in [2.75, 3.05) is 13.7 Å². The number of fused-ring (bicyclic) bond motifs is 1. The highest BCUT2D eigenvalue weighted by Gasteiger charge is 2.26. The molecule has 1 aliphatic rings. The van der Waals surface area contributed by atoms with Gasteiger partial charge in [-0.3, -0.25) is 9.89 Å². The summed E-state index contributed by atoms with van der Waals surface area (Å²) in [6.45, 7) is 7.51. The first-order valence-corrected chi connectivity index (χ1v) is 8.85. The van der Waals surface area contributed by atoms with E-state index in [-0.39, 0.29) is 17.2 Å². The van der Waals surface area contributed by atoms with E-state index < -0.39 is 0 Å². The second-order valence-corrected chi connectivity index (χ2v) is 7.87.